The highest BCUT2D eigenvalue weighted by molar-refractivity contribution is 7.26. The zero-order valence-corrected chi connectivity index (χ0v) is 58.1. The lowest BCUT2D eigenvalue weighted by Crippen LogP contribution is -2.62. The summed E-state index contributed by atoms with van der Waals surface area (Å²) in [4.78, 5) is 8.54. The maximum atomic E-state index is 2.90. The monoisotopic (exact) mass is 1190 g/mol. The van der Waals surface area contributed by atoms with Gasteiger partial charge in [-0.15, -0.1) is 11.3 Å². The minimum absolute atomic E-state index is 0.00299. The summed E-state index contributed by atoms with van der Waals surface area (Å²) in [6, 6.07) is 57.6. The summed E-state index contributed by atoms with van der Waals surface area (Å²) < 4.78 is 2.67. The number of thiophene rings is 1. The molecule has 8 aromatic carbocycles. The molecular formula is C84H96BN3S. The molecule has 15 rings (SSSR count). The molecule has 1 fully saturated rings. The Morgan fingerprint density at radius 3 is 1.61 bits per heavy atom. The van der Waals surface area contributed by atoms with Gasteiger partial charge in [-0.25, -0.2) is 0 Å². The lowest BCUT2D eigenvalue weighted by Gasteiger charge is -2.51. The van der Waals surface area contributed by atoms with Crippen molar-refractivity contribution in [1.82, 2.24) is 0 Å². The molecule has 0 bridgehead atoms. The van der Waals surface area contributed by atoms with E-state index < -0.39 is 0 Å². The van der Waals surface area contributed by atoms with Crippen LogP contribution in [0.25, 0.3) is 31.3 Å². The molecule has 9 aromatic rings. The quantitative estimate of drug-likeness (QED) is 0.163. The van der Waals surface area contributed by atoms with Crippen LogP contribution >= 0.6 is 11.3 Å². The van der Waals surface area contributed by atoms with Crippen molar-refractivity contribution in [3.05, 3.63) is 184 Å². The fourth-order valence-corrected chi connectivity index (χ4v) is 19.0. The molecule has 0 spiro atoms. The number of fused-ring (bicyclic) bond motifs is 13. The summed E-state index contributed by atoms with van der Waals surface area (Å²) in [5.41, 5.74) is 28.4. The molecule has 0 radical (unpaired) electrons. The van der Waals surface area contributed by atoms with Crippen LogP contribution in [0, 0.1) is 0 Å². The topological polar surface area (TPSA) is 9.72 Å². The zero-order valence-electron chi connectivity index (χ0n) is 57.3. The van der Waals surface area contributed by atoms with Crippen molar-refractivity contribution in [3.8, 4) is 11.1 Å². The average Bonchev–Trinajstić information content (AvgIpc) is 1.67. The van der Waals surface area contributed by atoms with E-state index in [0.717, 1.165) is 32.1 Å². The van der Waals surface area contributed by atoms with Gasteiger partial charge >= 0.3 is 0 Å². The van der Waals surface area contributed by atoms with Crippen LogP contribution < -0.4 is 31.1 Å². The third kappa shape index (κ3) is 8.60. The molecule has 0 amide bonds. The SMILES string of the molecule is CC(C)(C)c1ccc(N2c3cc(N4c5ccc(C(C)(C)C)cc5C5(C)CCCCC45C)cc4c3B(c3cc5c(cc3N4c3ccc4c(c3)C(C)(C)CCC4(C)C)C(C)(C)CCC5(C)C)c3ccc4sc5ccc(C(C)(C)C)cc5c4c32)c(-c2ccccc2)c1. The number of hydrogen-bond acceptors (Lipinski definition) is 4. The van der Waals surface area contributed by atoms with Crippen molar-refractivity contribution in [2.24, 2.45) is 0 Å². The van der Waals surface area contributed by atoms with Crippen LogP contribution in [0.1, 0.15) is 227 Å². The van der Waals surface area contributed by atoms with Gasteiger partial charge in [0.15, 0.2) is 0 Å². The molecule has 456 valence electrons. The molecule has 4 heterocycles. The van der Waals surface area contributed by atoms with Gasteiger partial charge in [0, 0.05) is 65.3 Å². The fraction of sp³-hybridized carbons (Fsp3) is 0.429. The lowest BCUT2D eigenvalue weighted by molar-refractivity contribution is 0.195. The van der Waals surface area contributed by atoms with Crippen LogP contribution in [-0.4, -0.2) is 12.3 Å². The summed E-state index contributed by atoms with van der Waals surface area (Å²) in [7, 11) is 0. The molecule has 5 heteroatoms. The highest BCUT2D eigenvalue weighted by atomic mass is 32.1. The standard InChI is InChI=1S/C84H96BN3S/c1-76(2,3)52-27-33-66(57(43-52)51-25-21-20-22-26-51)87-70-48-56(88-67-34-28-54(78(7,8)9)45-63(67)83(18)37-23-24-38-84(83,88)19)47-69-74(70)85(64-32-36-72-73(75(64)87)58-44-53(77(4,5)6)29-35-71(58)89-72)65-49-61-62(82(16,17)42-41-81(61,14)15)50-68(65)86(69)55-30-31-59-60(46-55)80(12,13)40-39-79(59,10)11/h20-22,25-36,43-50H,23-24,37-42H2,1-19H3. The Bertz CT molecular complexity index is 4450. The number of nitrogens with zero attached hydrogens (tertiary/aromatic N) is 3. The number of hydrogen-bond donors (Lipinski definition) is 0. The van der Waals surface area contributed by atoms with Gasteiger partial charge in [-0.2, -0.15) is 0 Å². The van der Waals surface area contributed by atoms with Crippen LogP contribution in [0.3, 0.4) is 0 Å². The van der Waals surface area contributed by atoms with Crippen molar-refractivity contribution in [2.45, 2.75) is 232 Å². The average molecular weight is 1190 g/mol. The summed E-state index contributed by atoms with van der Waals surface area (Å²) in [6.07, 6.45) is 9.38. The molecular weight excluding hydrogens is 1090 g/mol. The van der Waals surface area contributed by atoms with E-state index in [1.165, 1.54) is 157 Å². The van der Waals surface area contributed by atoms with Crippen molar-refractivity contribution >= 4 is 100 Å². The predicted molar refractivity (Wildman–Crippen MR) is 388 cm³/mol. The Hall–Kier alpha value is -6.56. The molecule has 6 aliphatic rings. The van der Waals surface area contributed by atoms with Gasteiger partial charge < -0.3 is 14.7 Å². The highest BCUT2D eigenvalue weighted by Crippen LogP contribution is 2.63. The molecule has 1 aromatic heterocycles. The van der Waals surface area contributed by atoms with Crippen LogP contribution in [0.2, 0.25) is 0 Å². The van der Waals surface area contributed by atoms with Gasteiger partial charge in [-0.1, -0.05) is 210 Å². The van der Waals surface area contributed by atoms with E-state index >= 15 is 0 Å². The van der Waals surface area contributed by atoms with Crippen LogP contribution in [0.5, 0.6) is 0 Å². The van der Waals surface area contributed by atoms with E-state index in [1.807, 2.05) is 11.3 Å². The minimum Gasteiger partial charge on any atom is -0.334 e. The first kappa shape index (κ1) is 58.8. The van der Waals surface area contributed by atoms with E-state index in [9.17, 15) is 0 Å². The first-order chi connectivity index (χ1) is 41.7. The minimum atomic E-state index is -0.195. The second-order valence-electron chi connectivity index (χ2n) is 34.6. The fourth-order valence-electron chi connectivity index (χ4n) is 17.9. The summed E-state index contributed by atoms with van der Waals surface area (Å²) in [6.45, 7) is 46.7. The summed E-state index contributed by atoms with van der Waals surface area (Å²) in [5.74, 6) is 0. The van der Waals surface area contributed by atoms with Crippen molar-refractivity contribution in [1.29, 1.82) is 0 Å². The van der Waals surface area contributed by atoms with Crippen LogP contribution in [0.15, 0.2) is 140 Å². The van der Waals surface area contributed by atoms with Gasteiger partial charge in [0.05, 0.1) is 16.9 Å². The first-order valence-corrected chi connectivity index (χ1v) is 34.8. The van der Waals surface area contributed by atoms with Gasteiger partial charge in [0.25, 0.3) is 6.71 Å². The second kappa shape index (κ2) is 19.0. The Morgan fingerprint density at radius 1 is 0.404 bits per heavy atom. The molecule has 2 atom stereocenters. The summed E-state index contributed by atoms with van der Waals surface area (Å²) in [5, 5.41) is 2.71. The Balaban J connectivity index is 1.15. The molecule has 0 saturated heterocycles. The maximum absolute atomic E-state index is 2.90. The zero-order chi connectivity index (χ0) is 62.9. The Kier molecular flexibility index (Phi) is 12.6. The van der Waals surface area contributed by atoms with Crippen LogP contribution in [-0.2, 0) is 43.3 Å². The van der Waals surface area contributed by atoms with E-state index in [4.69, 9.17) is 0 Å². The molecule has 3 aliphatic carbocycles. The van der Waals surface area contributed by atoms with E-state index in [-0.39, 0.29) is 55.6 Å². The van der Waals surface area contributed by atoms with Crippen molar-refractivity contribution in [3.63, 3.8) is 0 Å². The van der Waals surface area contributed by atoms with E-state index in [1.54, 1.807) is 0 Å². The van der Waals surface area contributed by atoms with Gasteiger partial charge in [-0.05, 0) is 217 Å². The smallest absolute Gasteiger partial charge is 0.252 e. The molecule has 3 nitrogen and oxygen atoms in total. The molecule has 2 unspecified atom stereocenters. The normalized spacial score (nSPS) is 21.9. The van der Waals surface area contributed by atoms with Gasteiger partial charge in [0.1, 0.15) is 0 Å². The van der Waals surface area contributed by atoms with Gasteiger partial charge in [0.2, 0.25) is 0 Å². The first-order valence-electron chi connectivity index (χ1n) is 34.0. The lowest BCUT2D eigenvalue weighted by atomic mass is 9.33. The molecule has 0 N–H and O–H groups in total. The van der Waals surface area contributed by atoms with E-state index in [0.29, 0.717) is 0 Å². The third-order valence-corrected chi connectivity index (χ3v) is 25.1. The largest absolute Gasteiger partial charge is 0.334 e. The second-order valence-corrected chi connectivity index (χ2v) is 35.7. The van der Waals surface area contributed by atoms with Crippen molar-refractivity contribution in [2.75, 3.05) is 14.7 Å². The highest BCUT2D eigenvalue weighted by Gasteiger charge is 2.59. The number of benzene rings is 8. The molecule has 89 heavy (non-hydrogen) atoms. The Labute approximate surface area is 538 Å². The van der Waals surface area contributed by atoms with Crippen LogP contribution in [0.4, 0.5) is 45.5 Å². The molecule has 1 saturated carbocycles. The van der Waals surface area contributed by atoms with Crippen molar-refractivity contribution < 1.29 is 0 Å². The van der Waals surface area contributed by atoms with Gasteiger partial charge in [-0.3, -0.25) is 0 Å². The predicted octanol–water partition coefficient (Wildman–Crippen LogP) is 22.1. The number of rotatable bonds is 4. The molecule has 3 aliphatic heterocycles. The number of anilines is 8. The third-order valence-electron chi connectivity index (χ3n) is 24.0. The maximum Gasteiger partial charge on any atom is 0.252 e. The van der Waals surface area contributed by atoms with E-state index in [2.05, 4.69) is 286 Å². The Morgan fingerprint density at radius 2 is 0.955 bits per heavy atom. The summed E-state index contributed by atoms with van der Waals surface area (Å²) >= 11 is 1.96.